The number of rotatable bonds is 3. The fourth-order valence-corrected chi connectivity index (χ4v) is 1.39. The molecule has 2 aromatic rings. The lowest BCUT2D eigenvalue weighted by Crippen LogP contribution is -2.06. The summed E-state index contributed by atoms with van der Waals surface area (Å²) in [6, 6.07) is 12.5. The smallest absolute Gasteiger partial charge is 0.121 e. The highest BCUT2D eigenvalue weighted by molar-refractivity contribution is 5.36. The van der Waals surface area contributed by atoms with Gasteiger partial charge in [0.1, 0.15) is 5.82 Å². The molecule has 1 unspecified atom stereocenters. The highest BCUT2D eigenvalue weighted by atomic mass is 15.2. The third-order valence-corrected chi connectivity index (χ3v) is 2.17. The van der Waals surface area contributed by atoms with E-state index in [1.807, 2.05) is 24.3 Å². The van der Waals surface area contributed by atoms with Gasteiger partial charge in [0.05, 0.1) is 6.20 Å². The van der Waals surface area contributed by atoms with E-state index in [-0.39, 0.29) is 6.04 Å². The predicted octanol–water partition coefficient (Wildman–Crippen LogP) is 2.58. The van der Waals surface area contributed by atoms with Gasteiger partial charge in [-0.05, 0) is 18.6 Å². The zero-order chi connectivity index (χ0) is 9.80. The lowest BCUT2D eigenvalue weighted by Gasteiger charge is -2.13. The normalized spacial score (nSPS) is 12.4. The van der Waals surface area contributed by atoms with E-state index in [1.54, 1.807) is 6.20 Å². The Labute approximate surface area is 83.2 Å². The van der Waals surface area contributed by atoms with Crippen LogP contribution in [0.2, 0.25) is 0 Å². The fraction of sp³-hybridized carbons (Fsp3) is 0.182. The zero-order valence-electron chi connectivity index (χ0n) is 8.07. The zero-order valence-corrected chi connectivity index (χ0v) is 8.07. The maximum atomic E-state index is 3.88. The summed E-state index contributed by atoms with van der Waals surface area (Å²) in [4.78, 5) is 0. The van der Waals surface area contributed by atoms with Crippen LogP contribution in [-0.4, -0.2) is 10.2 Å². The molecule has 0 saturated heterocycles. The summed E-state index contributed by atoms with van der Waals surface area (Å²) in [6.07, 6.45) is 1.74. The van der Waals surface area contributed by atoms with Crippen LogP contribution in [0.25, 0.3) is 0 Å². The number of nitrogens with one attached hydrogen (secondary N) is 2. The molecule has 0 fully saturated rings. The van der Waals surface area contributed by atoms with E-state index in [1.165, 1.54) is 5.56 Å². The number of anilines is 1. The highest BCUT2D eigenvalue weighted by Crippen LogP contribution is 2.16. The van der Waals surface area contributed by atoms with Crippen LogP contribution < -0.4 is 5.32 Å². The molecule has 1 heterocycles. The Kier molecular flexibility index (Phi) is 2.49. The Bertz CT molecular complexity index is 367. The number of hydrogen-bond acceptors (Lipinski definition) is 2. The minimum absolute atomic E-state index is 0.289. The SMILES string of the molecule is CC(Nc1ccn[nH]1)c1ccccc1. The summed E-state index contributed by atoms with van der Waals surface area (Å²) in [6.45, 7) is 2.12. The number of H-pyrrole nitrogens is 1. The molecule has 1 aromatic heterocycles. The molecule has 3 heteroatoms. The van der Waals surface area contributed by atoms with Gasteiger partial charge in [-0.2, -0.15) is 5.10 Å². The molecule has 1 atom stereocenters. The minimum atomic E-state index is 0.289. The van der Waals surface area contributed by atoms with Gasteiger partial charge in [0.25, 0.3) is 0 Å². The van der Waals surface area contributed by atoms with Crippen molar-refractivity contribution >= 4 is 5.82 Å². The van der Waals surface area contributed by atoms with Crippen molar-refractivity contribution in [2.45, 2.75) is 13.0 Å². The van der Waals surface area contributed by atoms with Gasteiger partial charge in [-0.1, -0.05) is 30.3 Å². The van der Waals surface area contributed by atoms with Gasteiger partial charge in [0, 0.05) is 6.04 Å². The van der Waals surface area contributed by atoms with Crippen molar-refractivity contribution in [3.8, 4) is 0 Å². The molecule has 0 amide bonds. The van der Waals surface area contributed by atoms with E-state index in [0.717, 1.165) is 5.82 Å². The molecule has 14 heavy (non-hydrogen) atoms. The van der Waals surface area contributed by atoms with Gasteiger partial charge >= 0.3 is 0 Å². The van der Waals surface area contributed by atoms with Crippen molar-refractivity contribution in [1.29, 1.82) is 0 Å². The van der Waals surface area contributed by atoms with Gasteiger partial charge < -0.3 is 5.32 Å². The van der Waals surface area contributed by atoms with E-state index in [9.17, 15) is 0 Å². The van der Waals surface area contributed by atoms with E-state index in [0.29, 0.717) is 0 Å². The topological polar surface area (TPSA) is 40.7 Å². The average molecular weight is 187 g/mol. The van der Waals surface area contributed by atoms with Crippen LogP contribution in [0.15, 0.2) is 42.6 Å². The summed E-state index contributed by atoms with van der Waals surface area (Å²) >= 11 is 0. The molecule has 0 aliphatic carbocycles. The molecule has 3 nitrogen and oxygen atoms in total. The summed E-state index contributed by atoms with van der Waals surface area (Å²) in [7, 11) is 0. The van der Waals surface area contributed by atoms with Crippen molar-refractivity contribution in [3.63, 3.8) is 0 Å². The summed E-state index contributed by atoms with van der Waals surface area (Å²) in [5, 5.41) is 10.1. The second kappa shape index (κ2) is 3.96. The monoisotopic (exact) mass is 187 g/mol. The first-order chi connectivity index (χ1) is 6.86. The molecule has 0 aliphatic heterocycles. The predicted molar refractivity (Wildman–Crippen MR) is 57.1 cm³/mol. The first kappa shape index (κ1) is 8.81. The average Bonchev–Trinajstić information content (AvgIpc) is 2.72. The van der Waals surface area contributed by atoms with Crippen LogP contribution in [0.5, 0.6) is 0 Å². The first-order valence-electron chi connectivity index (χ1n) is 4.67. The van der Waals surface area contributed by atoms with Gasteiger partial charge in [-0.15, -0.1) is 0 Å². The number of nitrogens with zero attached hydrogens (tertiary/aromatic N) is 1. The number of benzene rings is 1. The maximum absolute atomic E-state index is 3.88. The Morgan fingerprint density at radius 1 is 1.21 bits per heavy atom. The molecule has 0 aliphatic rings. The van der Waals surface area contributed by atoms with Crippen LogP contribution in [0, 0.1) is 0 Å². The molecule has 2 N–H and O–H groups in total. The molecule has 2 rings (SSSR count). The highest BCUT2D eigenvalue weighted by Gasteiger charge is 2.03. The van der Waals surface area contributed by atoms with Crippen molar-refractivity contribution < 1.29 is 0 Å². The van der Waals surface area contributed by atoms with Gasteiger partial charge in [0.15, 0.2) is 0 Å². The van der Waals surface area contributed by atoms with Crippen LogP contribution in [-0.2, 0) is 0 Å². The van der Waals surface area contributed by atoms with Crippen molar-refractivity contribution in [2.75, 3.05) is 5.32 Å². The lowest BCUT2D eigenvalue weighted by atomic mass is 10.1. The van der Waals surface area contributed by atoms with Crippen LogP contribution in [0.4, 0.5) is 5.82 Å². The second-order valence-electron chi connectivity index (χ2n) is 3.25. The summed E-state index contributed by atoms with van der Waals surface area (Å²) < 4.78 is 0. The van der Waals surface area contributed by atoms with Crippen molar-refractivity contribution in [1.82, 2.24) is 10.2 Å². The Morgan fingerprint density at radius 3 is 2.64 bits per heavy atom. The first-order valence-corrected chi connectivity index (χ1v) is 4.67. The molecule has 0 saturated carbocycles. The summed E-state index contributed by atoms with van der Waals surface area (Å²) in [5.74, 6) is 0.946. The van der Waals surface area contributed by atoms with E-state index in [4.69, 9.17) is 0 Å². The van der Waals surface area contributed by atoms with Gasteiger partial charge in [-0.25, -0.2) is 0 Å². The van der Waals surface area contributed by atoms with Crippen LogP contribution in [0.3, 0.4) is 0 Å². The maximum Gasteiger partial charge on any atom is 0.121 e. The minimum Gasteiger partial charge on any atom is -0.364 e. The second-order valence-corrected chi connectivity index (χ2v) is 3.25. The Balaban J connectivity index is 2.07. The summed E-state index contributed by atoms with van der Waals surface area (Å²) in [5.41, 5.74) is 1.27. The molecule has 1 aromatic carbocycles. The van der Waals surface area contributed by atoms with E-state index < -0.39 is 0 Å². The van der Waals surface area contributed by atoms with Gasteiger partial charge in [0.2, 0.25) is 0 Å². The number of hydrogen-bond donors (Lipinski definition) is 2. The molecule has 72 valence electrons. The molecule has 0 bridgehead atoms. The quantitative estimate of drug-likeness (QED) is 0.775. The lowest BCUT2D eigenvalue weighted by molar-refractivity contribution is 0.870. The third kappa shape index (κ3) is 1.93. The Hall–Kier alpha value is -1.77. The van der Waals surface area contributed by atoms with Crippen molar-refractivity contribution in [2.24, 2.45) is 0 Å². The van der Waals surface area contributed by atoms with Gasteiger partial charge in [-0.3, -0.25) is 5.10 Å². The van der Waals surface area contributed by atoms with Crippen LogP contribution in [0.1, 0.15) is 18.5 Å². The molecular formula is C11H13N3. The molecule has 0 radical (unpaired) electrons. The number of aromatic amines is 1. The third-order valence-electron chi connectivity index (χ3n) is 2.17. The standard InChI is InChI=1S/C11H13N3/c1-9(10-5-3-2-4-6-10)13-11-7-8-12-14-11/h2-9H,1H3,(H2,12,13,14). The largest absolute Gasteiger partial charge is 0.364 e. The fourth-order valence-electron chi connectivity index (χ4n) is 1.39. The number of aromatic nitrogens is 2. The van der Waals surface area contributed by atoms with E-state index in [2.05, 4.69) is 34.6 Å². The van der Waals surface area contributed by atoms with Crippen LogP contribution >= 0.6 is 0 Å². The molecular weight excluding hydrogens is 174 g/mol. The Morgan fingerprint density at radius 2 is 2.00 bits per heavy atom. The van der Waals surface area contributed by atoms with Crippen molar-refractivity contribution in [3.05, 3.63) is 48.2 Å². The molecule has 0 spiro atoms. The van der Waals surface area contributed by atoms with E-state index >= 15 is 0 Å².